The highest BCUT2D eigenvalue weighted by Crippen LogP contribution is 2.26. The minimum absolute atomic E-state index is 0.0470. The summed E-state index contributed by atoms with van der Waals surface area (Å²) in [6.45, 7) is 13.7. The Morgan fingerprint density at radius 1 is 0.975 bits per heavy atom. The van der Waals surface area contributed by atoms with E-state index in [9.17, 15) is 9.59 Å². The van der Waals surface area contributed by atoms with Crippen molar-refractivity contribution >= 4 is 34.4 Å². The number of carbonyl (C=O) groups is 2. The van der Waals surface area contributed by atoms with Crippen LogP contribution >= 0.6 is 0 Å². The number of amides is 1. The molecule has 1 saturated carbocycles. The van der Waals surface area contributed by atoms with Crippen molar-refractivity contribution in [3.8, 4) is 0 Å². The van der Waals surface area contributed by atoms with E-state index in [4.69, 9.17) is 4.98 Å². The van der Waals surface area contributed by atoms with Crippen molar-refractivity contribution in [3.63, 3.8) is 0 Å². The Morgan fingerprint density at radius 2 is 1.62 bits per heavy atom. The zero-order valence-corrected chi connectivity index (χ0v) is 25.0. The highest BCUT2D eigenvalue weighted by atomic mass is 16.2. The summed E-state index contributed by atoms with van der Waals surface area (Å²) in [5.41, 5.74) is 4.10. The summed E-state index contributed by atoms with van der Waals surface area (Å²) in [7, 11) is 0. The molecule has 7 heteroatoms. The standard InChI is InChI=1S/C33H47N5O2/c1-23(2)16-20-37(21-17-24(3)4)32(40)27-12-15-30-31(22-27)38(19-7-18-34-28-8-6-9-28)33(36-30)35-29-13-10-26(11-14-29)25(5)39/h10-15,22-24,28,34H,6-9,16-21H2,1-5H3,(H,35,36). The van der Waals surface area contributed by atoms with Gasteiger partial charge in [0.2, 0.25) is 5.95 Å². The van der Waals surface area contributed by atoms with Gasteiger partial charge in [0, 0.05) is 42.5 Å². The molecular formula is C33H47N5O2. The number of benzene rings is 2. The van der Waals surface area contributed by atoms with Gasteiger partial charge in [-0.3, -0.25) is 9.59 Å². The molecule has 0 bridgehead atoms. The quantitative estimate of drug-likeness (QED) is 0.158. The van der Waals surface area contributed by atoms with Gasteiger partial charge >= 0.3 is 0 Å². The van der Waals surface area contributed by atoms with Crippen molar-refractivity contribution in [1.82, 2.24) is 19.8 Å². The molecule has 216 valence electrons. The van der Waals surface area contributed by atoms with E-state index in [0.717, 1.165) is 68.1 Å². The van der Waals surface area contributed by atoms with E-state index in [1.165, 1.54) is 19.3 Å². The second kappa shape index (κ2) is 13.9. The Labute approximate surface area is 239 Å². The lowest BCUT2D eigenvalue weighted by molar-refractivity contribution is 0.0740. The van der Waals surface area contributed by atoms with Crippen LogP contribution in [0.25, 0.3) is 11.0 Å². The molecule has 0 radical (unpaired) electrons. The summed E-state index contributed by atoms with van der Waals surface area (Å²) in [5.74, 6) is 1.98. The van der Waals surface area contributed by atoms with Gasteiger partial charge in [-0.1, -0.05) is 34.1 Å². The van der Waals surface area contributed by atoms with E-state index in [1.54, 1.807) is 6.92 Å². The van der Waals surface area contributed by atoms with Crippen LogP contribution in [0.4, 0.5) is 11.6 Å². The minimum Gasteiger partial charge on any atom is -0.339 e. The first-order valence-electron chi connectivity index (χ1n) is 15.1. The van der Waals surface area contributed by atoms with Gasteiger partial charge in [-0.15, -0.1) is 0 Å². The smallest absolute Gasteiger partial charge is 0.253 e. The van der Waals surface area contributed by atoms with Crippen LogP contribution in [-0.4, -0.2) is 51.8 Å². The summed E-state index contributed by atoms with van der Waals surface area (Å²) in [4.78, 5) is 32.4. The molecule has 1 aliphatic carbocycles. The third-order valence-corrected chi connectivity index (χ3v) is 7.88. The molecule has 1 fully saturated rings. The molecule has 40 heavy (non-hydrogen) atoms. The molecule has 1 aliphatic rings. The zero-order valence-electron chi connectivity index (χ0n) is 25.0. The summed E-state index contributed by atoms with van der Waals surface area (Å²) in [6, 6.07) is 14.1. The molecule has 0 atom stereocenters. The van der Waals surface area contributed by atoms with Crippen LogP contribution in [0.5, 0.6) is 0 Å². The number of ketones is 1. The van der Waals surface area contributed by atoms with Crippen molar-refractivity contribution in [2.24, 2.45) is 11.8 Å². The number of aromatic nitrogens is 2. The number of hydrogen-bond donors (Lipinski definition) is 2. The molecule has 3 aromatic rings. The average Bonchev–Trinajstić information content (AvgIpc) is 3.23. The highest BCUT2D eigenvalue weighted by Gasteiger charge is 2.20. The zero-order chi connectivity index (χ0) is 28.6. The molecular weight excluding hydrogens is 498 g/mol. The van der Waals surface area contributed by atoms with Crippen LogP contribution in [0.1, 0.15) is 93.9 Å². The van der Waals surface area contributed by atoms with Crippen LogP contribution in [0.15, 0.2) is 42.5 Å². The number of imidazole rings is 1. The maximum absolute atomic E-state index is 13.7. The molecule has 0 spiro atoms. The Balaban J connectivity index is 1.60. The van der Waals surface area contributed by atoms with Crippen LogP contribution < -0.4 is 10.6 Å². The average molecular weight is 546 g/mol. The topological polar surface area (TPSA) is 79.3 Å². The fraction of sp³-hybridized carbons (Fsp3) is 0.545. The third kappa shape index (κ3) is 7.94. The van der Waals surface area contributed by atoms with Crippen molar-refractivity contribution < 1.29 is 9.59 Å². The van der Waals surface area contributed by atoms with Crippen LogP contribution in [0, 0.1) is 11.8 Å². The Morgan fingerprint density at radius 3 is 2.20 bits per heavy atom. The SMILES string of the molecule is CC(=O)c1ccc(Nc2nc3ccc(C(=O)N(CCC(C)C)CCC(C)C)cc3n2CCCNC2CCC2)cc1. The van der Waals surface area contributed by atoms with Gasteiger partial charge in [0.05, 0.1) is 11.0 Å². The largest absolute Gasteiger partial charge is 0.339 e. The van der Waals surface area contributed by atoms with Crippen molar-refractivity contribution in [2.75, 3.05) is 25.0 Å². The Hall–Kier alpha value is -3.19. The number of rotatable bonds is 15. The fourth-order valence-electron chi connectivity index (χ4n) is 4.98. The van der Waals surface area contributed by atoms with Crippen molar-refractivity contribution in [2.45, 2.75) is 85.7 Å². The van der Waals surface area contributed by atoms with E-state index in [1.807, 2.05) is 47.4 Å². The van der Waals surface area contributed by atoms with E-state index in [-0.39, 0.29) is 11.7 Å². The molecule has 1 heterocycles. The van der Waals surface area contributed by atoms with Gasteiger partial charge < -0.3 is 20.1 Å². The molecule has 1 amide bonds. The van der Waals surface area contributed by atoms with E-state index < -0.39 is 0 Å². The van der Waals surface area contributed by atoms with Gasteiger partial charge in [-0.2, -0.15) is 0 Å². The first-order chi connectivity index (χ1) is 19.2. The minimum atomic E-state index is 0.0470. The predicted octanol–water partition coefficient (Wildman–Crippen LogP) is 7.05. The van der Waals surface area contributed by atoms with Gasteiger partial charge in [-0.05, 0) is 99.9 Å². The van der Waals surface area contributed by atoms with Crippen LogP contribution in [0.2, 0.25) is 0 Å². The first-order valence-corrected chi connectivity index (χ1v) is 15.1. The molecule has 7 nitrogen and oxygen atoms in total. The molecule has 2 aromatic carbocycles. The Kier molecular flexibility index (Phi) is 10.4. The van der Waals surface area contributed by atoms with E-state index in [0.29, 0.717) is 29.0 Å². The number of hydrogen-bond acceptors (Lipinski definition) is 5. The van der Waals surface area contributed by atoms with E-state index >= 15 is 0 Å². The normalized spacial score (nSPS) is 13.7. The van der Waals surface area contributed by atoms with Crippen molar-refractivity contribution in [3.05, 3.63) is 53.6 Å². The molecule has 1 aromatic heterocycles. The first kappa shape index (κ1) is 29.8. The third-order valence-electron chi connectivity index (χ3n) is 7.88. The highest BCUT2D eigenvalue weighted by molar-refractivity contribution is 5.98. The van der Waals surface area contributed by atoms with Gasteiger partial charge in [0.1, 0.15) is 0 Å². The predicted molar refractivity (Wildman–Crippen MR) is 165 cm³/mol. The number of nitrogens with one attached hydrogen (secondary N) is 2. The van der Waals surface area contributed by atoms with Gasteiger partial charge in [0.15, 0.2) is 5.78 Å². The number of nitrogens with zero attached hydrogens (tertiary/aromatic N) is 3. The number of anilines is 2. The lowest BCUT2D eigenvalue weighted by Crippen LogP contribution is -2.35. The van der Waals surface area contributed by atoms with Crippen LogP contribution in [-0.2, 0) is 6.54 Å². The molecule has 4 rings (SSSR count). The van der Waals surface area contributed by atoms with Crippen LogP contribution in [0.3, 0.4) is 0 Å². The summed E-state index contributed by atoms with van der Waals surface area (Å²) in [5, 5.41) is 7.12. The second-order valence-corrected chi connectivity index (χ2v) is 12.1. The van der Waals surface area contributed by atoms with Crippen molar-refractivity contribution in [1.29, 1.82) is 0 Å². The monoisotopic (exact) mass is 545 g/mol. The van der Waals surface area contributed by atoms with Gasteiger partial charge in [0.25, 0.3) is 5.91 Å². The Bertz CT molecular complexity index is 1260. The maximum atomic E-state index is 13.7. The molecule has 0 saturated heterocycles. The maximum Gasteiger partial charge on any atom is 0.253 e. The van der Waals surface area contributed by atoms with E-state index in [2.05, 4.69) is 42.9 Å². The van der Waals surface area contributed by atoms with Gasteiger partial charge in [-0.25, -0.2) is 4.98 Å². The number of carbonyl (C=O) groups excluding carboxylic acids is 2. The molecule has 0 aliphatic heterocycles. The fourth-order valence-corrected chi connectivity index (χ4v) is 4.98. The second-order valence-electron chi connectivity index (χ2n) is 12.1. The molecule has 2 N–H and O–H groups in total. The summed E-state index contributed by atoms with van der Waals surface area (Å²) < 4.78 is 2.19. The summed E-state index contributed by atoms with van der Waals surface area (Å²) >= 11 is 0. The lowest BCUT2D eigenvalue weighted by Gasteiger charge is -2.26. The molecule has 0 unspecified atom stereocenters. The number of fused-ring (bicyclic) bond motifs is 1. The number of Topliss-reactive ketones (excluding diaryl/α,β-unsaturated/α-hetero) is 1. The summed E-state index contributed by atoms with van der Waals surface area (Å²) in [6.07, 6.45) is 6.82. The number of aryl methyl sites for hydroxylation is 1. The lowest BCUT2D eigenvalue weighted by atomic mass is 9.93.